The maximum absolute atomic E-state index is 11.3. The standard InChI is InChI=1S/C11H15Cl3N2OS/c1-10(2,3)7-6-18-8(16-7)4-5-15-9(17)11(12,13)14/h6H,4-5H2,1-3H3,(H,15,17). The quantitative estimate of drug-likeness (QED) is 0.863. The molecule has 0 saturated carbocycles. The maximum Gasteiger partial charge on any atom is 0.272 e. The first kappa shape index (κ1) is 16.0. The molecule has 1 heterocycles. The molecule has 18 heavy (non-hydrogen) atoms. The average Bonchev–Trinajstić information content (AvgIpc) is 2.64. The number of alkyl halides is 3. The summed E-state index contributed by atoms with van der Waals surface area (Å²) in [6.07, 6.45) is 0.632. The molecule has 1 amide bonds. The van der Waals surface area contributed by atoms with E-state index in [1.54, 1.807) is 11.3 Å². The lowest BCUT2D eigenvalue weighted by molar-refractivity contribution is -0.120. The van der Waals surface area contributed by atoms with Crippen LogP contribution in [0.15, 0.2) is 5.38 Å². The summed E-state index contributed by atoms with van der Waals surface area (Å²) < 4.78 is -1.90. The van der Waals surface area contributed by atoms with Gasteiger partial charge in [-0.3, -0.25) is 4.79 Å². The molecule has 1 aromatic heterocycles. The van der Waals surface area contributed by atoms with Crippen molar-refractivity contribution in [3.63, 3.8) is 0 Å². The first-order valence-corrected chi connectivity index (χ1v) is 7.42. The van der Waals surface area contributed by atoms with Crippen molar-refractivity contribution in [3.8, 4) is 0 Å². The number of carbonyl (C=O) groups is 1. The Morgan fingerprint density at radius 3 is 2.44 bits per heavy atom. The third-order valence-corrected chi connectivity index (χ3v) is 3.63. The van der Waals surface area contributed by atoms with Gasteiger partial charge in [-0.1, -0.05) is 55.6 Å². The number of nitrogens with one attached hydrogen (secondary N) is 1. The molecule has 0 fully saturated rings. The Kier molecular flexibility index (Phi) is 5.30. The van der Waals surface area contributed by atoms with Crippen LogP contribution < -0.4 is 5.32 Å². The van der Waals surface area contributed by atoms with E-state index in [2.05, 4.69) is 31.1 Å². The number of amides is 1. The summed E-state index contributed by atoms with van der Waals surface area (Å²) >= 11 is 17.9. The van der Waals surface area contributed by atoms with Crippen LogP contribution in [0.5, 0.6) is 0 Å². The number of hydrogen-bond acceptors (Lipinski definition) is 3. The summed E-state index contributed by atoms with van der Waals surface area (Å²) in [6.45, 7) is 6.73. The van der Waals surface area contributed by atoms with E-state index in [9.17, 15) is 4.79 Å². The third-order valence-electron chi connectivity index (χ3n) is 2.20. The largest absolute Gasteiger partial charge is 0.352 e. The van der Waals surface area contributed by atoms with Gasteiger partial charge in [0.2, 0.25) is 0 Å². The van der Waals surface area contributed by atoms with Gasteiger partial charge in [-0.2, -0.15) is 0 Å². The molecule has 0 bridgehead atoms. The van der Waals surface area contributed by atoms with Gasteiger partial charge in [-0.15, -0.1) is 11.3 Å². The molecule has 0 aromatic carbocycles. The highest BCUT2D eigenvalue weighted by molar-refractivity contribution is 7.09. The minimum Gasteiger partial charge on any atom is -0.352 e. The van der Waals surface area contributed by atoms with Crippen molar-refractivity contribution in [3.05, 3.63) is 16.1 Å². The van der Waals surface area contributed by atoms with Crippen molar-refractivity contribution in [2.45, 2.75) is 36.4 Å². The van der Waals surface area contributed by atoms with E-state index in [1.807, 2.05) is 5.38 Å². The normalized spacial score (nSPS) is 12.6. The number of rotatable bonds is 3. The van der Waals surface area contributed by atoms with E-state index in [1.165, 1.54) is 0 Å². The first-order chi connectivity index (χ1) is 8.10. The van der Waals surface area contributed by atoms with Crippen LogP contribution in [0, 0.1) is 0 Å². The Bertz CT molecular complexity index is 421. The Morgan fingerprint density at radius 2 is 2.00 bits per heavy atom. The predicted octanol–water partition coefficient (Wildman–Crippen LogP) is 3.47. The molecular weight excluding hydrogens is 315 g/mol. The molecule has 0 aliphatic carbocycles. The average molecular weight is 330 g/mol. The van der Waals surface area contributed by atoms with Gasteiger partial charge in [0.05, 0.1) is 10.7 Å². The van der Waals surface area contributed by atoms with E-state index in [0.29, 0.717) is 13.0 Å². The van der Waals surface area contributed by atoms with Gasteiger partial charge in [-0.25, -0.2) is 4.98 Å². The molecule has 1 N–H and O–H groups in total. The van der Waals surface area contributed by atoms with Crippen LogP contribution in [0.4, 0.5) is 0 Å². The molecule has 102 valence electrons. The smallest absolute Gasteiger partial charge is 0.272 e. The van der Waals surface area contributed by atoms with Crippen LogP contribution in [-0.2, 0) is 16.6 Å². The number of nitrogens with zero attached hydrogens (tertiary/aromatic N) is 1. The lowest BCUT2D eigenvalue weighted by Crippen LogP contribution is -2.35. The SMILES string of the molecule is CC(C)(C)c1csc(CCNC(=O)C(Cl)(Cl)Cl)n1. The van der Waals surface area contributed by atoms with E-state index in [4.69, 9.17) is 34.8 Å². The monoisotopic (exact) mass is 328 g/mol. The van der Waals surface area contributed by atoms with Gasteiger partial charge < -0.3 is 5.32 Å². The molecule has 1 rings (SSSR count). The summed E-state index contributed by atoms with van der Waals surface area (Å²) in [4.78, 5) is 15.8. The van der Waals surface area contributed by atoms with Crippen LogP contribution in [0.25, 0.3) is 0 Å². The van der Waals surface area contributed by atoms with Gasteiger partial charge >= 0.3 is 0 Å². The van der Waals surface area contributed by atoms with Crippen molar-refractivity contribution in [2.24, 2.45) is 0 Å². The highest BCUT2D eigenvalue weighted by atomic mass is 35.6. The zero-order valence-electron chi connectivity index (χ0n) is 10.4. The van der Waals surface area contributed by atoms with Crippen molar-refractivity contribution in [1.82, 2.24) is 10.3 Å². The molecule has 0 atom stereocenters. The van der Waals surface area contributed by atoms with Gasteiger partial charge in [0.25, 0.3) is 9.70 Å². The van der Waals surface area contributed by atoms with Crippen LogP contribution in [0.3, 0.4) is 0 Å². The second-order valence-electron chi connectivity index (χ2n) is 4.88. The fourth-order valence-electron chi connectivity index (χ4n) is 1.15. The number of carbonyl (C=O) groups excluding carboxylic acids is 1. The Morgan fingerprint density at radius 1 is 1.39 bits per heavy atom. The fourth-order valence-corrected chi connectivity index (χ4v) is 2.38. The Labute approximate surface area is 126 Å². The van der Waals surface area contributed by atoms with E-state index in [0.717, 1.165) is 10.7 Å². The van der Waals surface area contributed by atoms with Crippen LogP contribution in [0.1, 0.15) is 31.5 Å². The van der Waals surface area contributed by atoms with E-state index >= 15 is 0 Å². The van der Waals surface area contributed by atoms with Crippen molar-refractivity contribution in [1.29, 1.82) is 0 Å². The number of thiazole rings is 1. The zero-order valence-corrected chi connectivity index (χ0v) is 13.5. The molecule has 0 saturated heterocycles. The van der Waals surface area contributed by atoms with Gasteiger partial charge in [0.1, 0.15) is 0 Å². The highest BCUT2D eigenvalue weighted by Gasteiger charge is 2.30. The molecular formula is C11H15Cl3N2OS. The number of halogens is 3. The van der Waals surface area contributed by atoms with Crippen molar-refractivity contribution in [2.75, 3.05) is 6.54 Å². The van der Waals surface area contributed by atoms with Crippen LogP contribution in [0.2, 0.25) is 0 Å². The molecule has 1 aromatic rings. The summed E-state index contributed by atoms with van der Waals surface area (Å²) in [6, 6.07) is 0. The minimum absolute atomic E-state index is 0.0373. The molecule has 0 aliphatic heterocycles. The predicted molar refractivity (Wildman–Crippen MR) is 77.8 cm³/mol. The Hall–Kier alpha value is -0.0300. The number of hydrogen-bond donors (Lipinski definition) is 1. The number of aromatic nitrogens is 1. The van der Waals surface area contributed by atoms with Crippen molar-refractivity contribution >= 4 is 52.0 Å². The Balaban J connectivity index is 2.46. The molecule has 7 heteroatoms. The fraction of sp³-hybridized carbons (Fsp3) is 0.636. The van der Waals surface area contributed by atoms with Crippen molar-refractivity contribution < 1.29 is 4.79 Å². The topological polar surface area (TPSA) is 42.0 Å². The van der Waals surface area contributed by atoms with Gasteiger partial charge in [0.15, 0.2) is 0 Å². The highest BCUT2D eigenvalue weighted by Crippen LogP contribution is 2.26. The minimum atomic E-state index is -1.90. The lowest BCUT2D eigenvalue weighted by Gasteiger charge is -2.14. The zero-order chi connectivity index (χ0) is 14.0. The maximum atomic E-state index is 11.3. The summed E-state index contributed by atoms with van der Waals surface area (Å²) in [5.41, 5.74) is 1.09. The molecule has 3 nitrogen and oxygen atoms in total. The van der Waals surface area contributed by atoms with E-state index in [-0.39, 0.29) is 5.41 Å². The first-order valence-electron chi connectivity index (χ1n) is 5.40. The summed E-state index contributed by atoms with van der Waals surface area (Å²) in [5, 5.41) is 5.55. The second kappa shape index (κ2) is 5.95. The van der Waals surface area contributed by atoms with Gasteiger partial charge in [-0.05, 0) is 0 Å². The molecule has 0 aliphatic rings. The third kappa shape index (κ3) is 4.92. The van der Waals surface area contributed by atoms with Crippen LogP contribution in [-0.4, -0.2) is 21.2 Å². The molecule has 0 spiro atoms. The molecule has 0 radical (unpaired) electrons. The molecule has 0 unspecified atom stereocenters. The second-order valence-corrected chi connectivity index (χ2v) is 8.10. The van der Waals surface area contributed by atoms with Gasteiger partial charge in [0, 0.05) is 23.8 Å². The van der Waals surface area contributed by atoms with Crippen LogP contribution >= 0.6 is 46.1 Å². The lowest BCUT2D eigenvalue weighted by atomic mass is 9.93. The summed E-state index contributed by atoms with van der Waals surface area (Å²) in [5.74, 6) is -0.611. The summed E-state index contributed by atoms with van der Waals surface area (Å²) in [7, 11) is 0. The van der Waals surface area contributed by atoms with E-state index < -0.39 is 9.70 Å².